The van der Waals surface area contributed by atoms with Gasteiger partial charge in [-0.15, -0.1) is 11.8 Å². The second-order valence-corrected chi connectivity index (χ2v) is 6.89. The van der Waals surface area contributed by atoms with Crippen LogP contribution in [0, 0.1) is 0 Å². The van der Waals surface area contributed by atoms with E-state index >= 15 is 0 Å². The number of carbonyl (C=O) groups excluding carboxylic acids is 2. The second kappa shape index (κ2) is 8.03. The summed E-state index contributed by atoms with van der Waals surface area (Å²) < 4.78 is 0. The van der Waals surface area contributed by atoms with Gasteiger partial charge in [0.15, 0.2) is 0 Å². The van der Waals surface area contributed by atoms with Crippen molar-refractivity contribution in [3.05, 3.63) is 0 Å². The number of carbonyl (C=O) groups is 2. The van der Waals surface area contributed by atoms with E-state index in [0.29, 0.717) is 18.3 Å². The molecular weight excluding hydrogens is 286 g/mol. The fourth-order valence-electron chi connectivity index (χ4n) is 2.99. The molecule has 0 spiro atoms. The third-order valence-electron chi connectivity index (χ3n) is 4.37. The first-order valence-electron chi connectivity index (χ1n) is 8.00. The number of nitrogens with zero attached hydrogens (tertiary/aromatic N) is 2. The average Bonchev–Trinajstić information content (AvgIpc) is 3.01. The van der Waals surface area contributed by atoms with Gasteiger partial charge in [0.05, 0.1) is 5.88 Å². The molecule has 0 aromatic carbocycles. The maximum Gasteiger partial charge on any atom is 0.246 e. The van der Waals surface area contributed by atoms with Crippen LogP contribution < -0.4 is 5.32 Å². The van der Waals surface area contributed by atoms with Crippen molar-refractivity contribution in [3.8, 4) is 0 Å². The molecule has 21 heavy (non-hydrogen) atoms. The highest BCUT2D eigenvalue weighted by Gasteiger charge is 2.37. The molecule has 120 valence electrons. The molecule has 0 aromatic heterocycles. The largest absolute Gasteiger partial charge is 0.339 e. The van der Waals surface area contributed by atoms with Crippen molar-refractivity contribution in [1.82, 2.24) is 15.1 Å². The summed E-state index contributed by atoms with van der Waals surface area (Å²) in [6, 6.07) is 0.149. The van der Waals surface area contributed by atoms with Crippen LogP contribution in [0.15, 0.2) is 0 Å². The highest BCUT2D eigenvalue weighted by Crippen LogP contribution is 2.25. The summed E-state index contributed by atoms with van der Waals surface area (Å²) in [5, 5.41) is 3.26. The lowest BCUT2D eigenvalue weighted by atomic mass is 10.0. The summed E-state index contributed by atoms with van der Waals surface area (Å²) in [7, 11) is 1.95. The van der Waals surface area contributed by atoms with Crippen molar-refractivity contribution < 1.29 is 9.59 Å². The van der Waals surface area contributed by atoms with Crippen molar-refractivity contribution in [1.29, 1.82) is 0 Å². The number of piperidine rings is 1. The van der Waals surface area contributed by atoms with E-state index in [-0.39, 0.29) is 17.9 Å². The fraction of sp³-hybridized carbons (Fsp3) is 0.867. The molecule has 2 atom stereocenters. The van der Waals surface area contributed by atoms with Crippen molar-refractivity contribution in [2.24, 2.45) is 0 Å². The Bertz CT molecular complexity index is 378. The predicted octanol–water partition coefficient (Wildman–Crippen LogP) is 1.29. The molecule has 0 aliphatic carbocycles. The van der Waals surface area contributed by atoms with Crippen LogP contribution in [0.1, 0.15) is 39.0 Å². The Kier molecular flexibility index (Phi) is 6.36. The Morgan fingerprint density at radius 1 is 1.38 bits per heavy atom. The summed E-state index contributed by atoms with van der Waals surface area (Å²) in [5.41, 5.74) is 0. The molecule has 2 fully saturated rings. The smallest absolute Gasteiger partial charge is 0.246 e. The summed E-state index contributed by atoms with van der Waals surface area (Å²) >= 11 is 1.69. The molecule has 5 nitrogen and oxygen atoms in total. The molecule has 2 unspecified atom stereocenters. The number of hydrogen-bond acceptors (Lipinski definition) is 4. The Morgan fingerprint density at radius 3 is 2.90 bits per heavy atom. The van der Waals surface area contributed by atoms with E-state index in [1.54, 1.807) is 16.7 Å². The quantitative estimate of drug-likeness (QED) is 0.831. The number of rotatable bonds is 5. The first kappa shape index (κ1) is 16.6. The van der Waals surface area contributed by atoms with Gasteiger partial charge in [-0.05, 0) is 26.3 Å². The zero-order valence-corrected chi connectivity index (χ0v) is 14.0. The number of hydrogen-bond donors (Lipinski definition) is 1. The number of likely N-dealkylation sites (tertiary alicyclic amines) is 1. The van der Waals surface area contributed by atoms with E-state index in [4.69, 9.17) is 0 Å². The van der Waals surface area contributed by atoms with Gasteiger partial charge in [0, 0.05) is 31.3 Å². The average molecular weight is 313 g/mol. The highest BCUT2D eigenvalue weighted by molar-refractivity contribution is 7.99. The van der Waals surface area contributed by atoms with Gasteiger partial charge in [0.1, 0.15) is 6.04 Å². The Hall–Kier alpha value is -0.750. The minimum atomic E-state index is -0.241. The van der Waals surface area contributed by atoms with Crippen LogP contribution in [-0.4, -0.2) is 65.5 Å². The topological polar surface area (TPSA) is 52.7 Å². The van der Waals surface area contributed by atoms with Gasteiger partial charge >= 0.3 is 0 Å². The summed E-state index contributed by atoms with van der Waals surface area (Å²) in [6.07, 6.45) is 4.66. The SMILES string of the molecule is CCCCC(=O)N1CSCC1C(=O)N1CCCC(NC)C1. The number of amides is 2. The molecule has 2 heterocycles. The van der Waals surface area contributed by atoms with Crippen LogP contribution in [-0.2, 0) is 9.59 Å². The molecule has 0 aromatic rings. The molecule has 2 aliphatic rings. The molecule has 0 saturated carbocycles. The summed E-state index contributed by atoms with van der Waals surface area (Å²) in [6.45, 7) is 3.68. The van der Waals surface area contributed by atoms with E-state index in [9.17, 15) is 9.59 Å². The van der Waals surface area contributed by atoms with E-state index in [0.717, 1.165) is 44.5 Å². The second-order valence-electron chi connectivity index (χ2n) is 5.89. The fourth-order valence-corrected chi connectivity index (χ4v) is 4.16. The van der Waals surface area contributed by atoms with Gasteiger partial charge in [-0.3, -0.25) is 9.59 Å². The third kappa shape index (κ3) is 4.13. The van der Waals surface area contributed by atoms with E-state index < -0.39 is 0 Å². The van der Waals surface area contributed by atoms with Crippen molar-refractivity contribution in [2.45, 2.75) is 51.1 Å². The van der Waals surface area contributed by atoms with E-state index in [1.807, 2.05) is 11.9 Å². The molecule has 1 N–H and O–H groups in total. The van der Waals surface area contributed by atoms with Crippen molar-refractivity contribution >= 4 is 23.6 Å². The minimum absolute atomic E-state index is 0.141. The van der Waals surface area contributed by atoms with Crippen LogP contribution in [0.25, 0.3) is 0 Å². The zero-order chi connectivity index (χ0) is 15.2. The number of thioether (sulfide) groups is 1. The lowest BCUT2D eigenvalue weighted by molar-refractivity contribution is -0.144. The lowest BCUT2D eigenvalue weighted by Crippen LogP contribution is -2.54. The number of likely N-dealkylation sites (N-methyl/N-ethyl adjacent to an activating group) is 1. The van der Waals surface area contributed by atoms with Crippen LogP contribution in [0.5, 0.6) is 0 Å². The zero-order valence-electron chi connectivity index (χ0n) is 13.1. The van der Waals surface area contributed by atoms with Crippen molar-refractivity contribution in [2.75, 3.05) is 31.8 Å². The van der Waals surface area contributed by atoms with Gasteiger partial charge < -0.3 is 15.1 Å². The molecule has 6 heteroatoms. The van der Waals surface area contributed by atoms with E-state index in [1.165, 1.54) is 0 Å². The molecule has 2 aliphatic heterocycles. The molecule has 0 bridgehead atoms. The standard InChI is InChI=1S/C15H27N3O2S/c1-3-4-7-14(19)18-11-21-10-13(18)15(20)17-8-5-6-12(9-17)16-2/h12-13,16H,3-11H2,1-2H3. The number of nitrogens with one attached hydrogen (secondary N) is 1. The predicted molar refractivity (Wildman–Crippen MR) is 86.1 cm³/mol. The van der Waals surface area contributed by atoms with Crippen LogP contribution in [0.2, 0.25) is 0 Å². The molecule has 0 radical (unpaired) electrons. The van der Waals surface area contributed by atoms with Crippen LogP contribution in [0.4, 0.5) is 0 Å². The van der Waals surface area contributed by atoms with E-state index in [2.05, 4.69) is 12.2 Å². The lowest BCUT2D eigenvalue weighted by Gasteiger charge is -2.35. The van der Waals surface area contributed by atoms with Gasteiger partial charge in [0.25, 0.3) is 0 Å². The minimum Gasteiger partial charge on any atom is -0.339 e. The van der Waals surface area contributed by atoms with Gasteiger partial charge in [-0.25, -0.2) is 0 Å². The van der Waals surface area contributed by atoms with Crippen LogP contribution >= 0.6 is 11.8 Å². The summed E-state index contributed by atoms with van der Waals surface area (Å²) in [5.74, 6) is 1.70. The third-order valence-corrected chi connectivity index (χ3v) is 5.39. The normalized spacial score (nSPS) is 26.2. The Labute approximate surface area is 131 Å². The maximum atomic E-state index is 12.7. The number of unbranched alkanes of at least 4 members (excludes halogenated alkanes) is 1. The first-order valence-corrected chi connectivity index (χ1v) is 9.16. The van der Waals surface area contributed by atoms with Gasteiger partial charge in [0.2, 0.25) is 11.8 Å². The molecular formula is C15H27N3O2S. The Balaban J connectivity index is 1.95. The van der Waals surface area contributed by atoms with Crippen molar-refractivity contribution in [3.63, 3.8) is 0 Å². The molecule has 2 rings (SSSR count). The van der Waals surface area contributed by atoms with Crippen LogP contribution in [0.3, 0.4) is 0 Å². The first-order chi connectivity index (χ1) is 10.2. The Morgan fingerprint density at radius 2 is 2.19 bits per heavy atom. The highest BCUT2D eigenvalue weighted by atomic mass is 32.2. The molecule has 2 saturated heterocycles. The van der Waals surface area contributed by atoms with Gasteiger partial charge in [-0.1, -0.05) is 13.3 Å². The monoisotopic (exact) mass is 313 g/mol. The van der Waals surface area contributed by atoms with Gasteiger partial charge in [-0.2, -0.15) is 0 Å². The summed E-state index contributed by atoms with van der Waals surface area (Å²) in [4.78, 5) is 28.7. The maximum absolute atomic E-state index is 12.7. The molecule has 2 amide bonds.